The van der Waals surface area contributed by atoms with E-state index in [1.54, 1.807) is 0 Å². The smallest absolute Gasteiger partial charge is 0.416 e. The number of hydrogen-bond donors (Lipinski definition) is 1. The summed E-state index contributed by atoms with van der Waals surface area (Å²) in [5, 5.41) is 19.6. The van der Waals surface area contributed by atoms with Crippen molar-refractivity contribution in [2.24, 2.45) is 0 Å². The number of rotatable bonds is 9. The van der Waals surface area contributed by atoms with Gasteiger partial charge in [-0.05, 0) is 24.3 Å². The Labute approximate surface area is 178 Å². The number of hydrogen-bond acceptors (Lipinski definition) is 8. The highest BCUT2D eigenvalue weighted by atomic mass is 35.5. The predicted molar refractivity (Wildman–Crippen MR) is 99.1 cm³/mol. The normalized spacial score (nSPS) is 12.2. The third-order valence-corrected chi connectivity index (χ3v) is 3.89. The summed E-state index contributed by atoms with van der Waals surface area (Å²) < 4.78 is 58.3. The molecule has 2 aromatic rings. The first-order valence-electron chi connectivity index (χ1n) is 8.36. The fourth-order valence-corrected chi connectivity index (χ4v) is 2.43. The van der Waals surface area contributed by atoms with Crippen LogP contribution < -0.4 is 9.47 Å². The Morgan fingerprint density at radius 3 is 2.48 bits per heavy atom. The van der Waals surface area contributed by atoms with Crippen LogP contribution in [0, 0.1) is 10.1 Å². The van der Waals surface area contributed by atoms with Gasteiger partial charge in [-0.15, -0.1) is 0 Å². The molecule has 31 heavy (non-hydrogen) atoms. The van der Waals surface area contributed by atoms with Crippen LogP contribution in [0.4, 0.5) is 18.9 Å². The van der Waals surface area contributed by atoms with Gasteiger partial charge in [0.05, 0.1) is 22.1 Å². The Morgan fingerprint density at radius 2 is 1.94 bits per heavy atom. The number of aliphatic hydroxyl groups is 1. The monoisotopic (exact) mass is 465 g/mol. The van der Waals surface area contributed by atoms with Gasteiger partial charge in [0.15, 0.2) is 0 Å². The Balaban J connectivity index is 2.31. The summed E-state index contributed by atoms with van der Waals surface area (Å²) in [4.78, 5) is 22.3. The average Bonchev–Trinajstić information content (AvgIpc) is 2.70. The Hall–Kier alpha value is -3.09. The van der Waals surface area contributed by atoms with E-state index in [9.17, 15) is 28.1 Å². The Kier molecular flexibility index (Phi) is 8.02. The van der Waals surface area contributed by atoms with Crippen molar-refractivity contribution in [2.75, 3.05) is 20.3 Å². The number of nitrogens with zero attached hydrogens (tertiary/aromatic N) is 1. The van der Waals surface area contributed by atoms with E-state index in [1.807, 2.05) is 0 Å². The zero-order valence-electron chi connectivity index (χ0n) is 15.7. The van der Waals surface area contributed by atoms with Crippen LogP contribution in [0.25, 0.3) is 0 Å². The minimum atomic E-state index is -4.60. The minimum Gasteiger partial charge on any atom is -0.459 e. The molecular weight excluding hydrogens is 451 g/mol. The number of nitro groups is 1. The van der Waals surface area contributed by atoms with E-state index in [0.717, 1.165) is 37.4 Å². The number of nitro benzene ring substituents is 1. The number of halogens is 4. The molecule has 0 aliphatic rings. The third kappa shape index (κ3) is 6.44. The van der Waals surface area contributed by atoms with Crippen molar-refractivity contribution in [1.29, 1.82) is 0 Å². The molecule has 1 atom stereocenters. The largest absolute Gasteiger partial charge is 0.459 e. The number of aliphatic hydroxyl groups excluding tert-OH is 1. The van der Waals surface area contributed by atoms with Gasteiger partial charge in [0.1, 0.15) is 18.1 Å². The maximum atomic E-state index is 12.8. The number of benzene rings is 2. The molecule has 2 aromatic carbocycles. The number of ether oxygens (including phenoxy) is 4. The van der Waals surface area contributed by atoms with Gasteiger partial charge in [-0.1, -0.05) is 11.6 Å². The molecule has 0 spiro atoms. The number of methoxy groups -OCH3 is 1. The molecule has 1 unspecified atom stereocenters. The van der Waals surface area contributed by atoms with E-state index in [1.165, 1.54) is 0 Å². The van der Waals surface area contributed by atoms with Gasteiger partial charge >= 0.3 is 17.8 Å². The van der Waals surface area contributed by atoms with Crippen LogP contribution >= 0.6 is 11.6 Å². The van der Waals surface area contributed by atoms with E-state index < -0.39 is 47.0 Å². The quantitative estimate of drug-likeness (QED) is 0.256. The van der Waals surface area contributed by atoms with Gasteiger partial charge in [-0.2, -0.15) is 13.2 Å². The van der Waals surface area contributed by atoms with E-state index >= 15 is 0 Å². The second-order valence-corrected chi connectivity index (χ2v) is 6.12. The molecule has 0 saturated carbocycles. The van der Waals surface area contributed by atoms with Crippen molar-refractivity contribution < 1.29 is 46.9 Å². The second kappa shape index (κ2) is 10.3. The molecule has 1 N–H and O–H groups in total. The maximum Gasteiger partial charge on any atom is 0.416 e. The summed E-state index contributed by atoms with van der Waals surface area (Å²) in [6.07, 6.45) is -6.30. The molecule has 0 saturated heterocycles. The van der Waals surface area contributed by atoms with Crippen molar-refractivity contribution >= 4 is 23.3 Å². The van der Waals surface area contributed by atoms with Crippen molar-refractivity contribution in [3.8, 4) is 17.2 Å². The molecule has 2 rings (SSSR count). The predicted octanol–water partition coefficient (Wildman–Crippen LogP) is 3.95. The summed E-state index contributed by atoms with van der Waals surface area (Å²) in [6, 6.07) is 5.58. The van der Waals surface area contributed by atoms with E-state index in [0.29, 0.717) is 6.07 Å². The van der Waals surface area contributed by atoms with Gasteiger partial charge in [0, 0.05) is 19.2 Å². The Bertz CT molecular complexity index is 954. The SMILES string of the molecule is COC(Oc1cc(Oc2ccc(C(F)(F)F)cc2Cl)ccc1[N+](=O)[O-])C(=O)OCCO. The highest BCUT2D eigenvalue weighted by molar-refractivity contribution is 6.32. The Morgan fingerprint density at radius 1 is 1.23 bits per heavy atom. The van der Waals surface area contributed by atoms with Crippen LogP contribution in [0.1, 0.15) is 5.56 Å². The number of esters is 1. The highest BCUT2D eigenvalue weighted by Gasteiger charge is 2.31. The van der Waals surface area contributed by atoms with Gasteiger partial charge in [-0.25, -0.2) is 4.79 Å². The summed E-state index contributed by atoms with van der Waals surface area (Å²) in [5.74, 6) is -1.73. The van der Waals surface area contributed by atoms with Crippen LogP contribution in [0.2, 0.25) is 5.02 Å². The first-order valence-corrected chi connectivity index (χ1v) is 8.74. The zero-order chi connectivity index (χ0) is 23.2. The fourth-order valence-electron chi connectivity index (χ4n) is 2.21. The zero-order valence-corrected chi connectivity index (χ0v) is 16.5. The number of carbonyl (C=O) groups is 1. The van der Waals surface area contributed by atoms with Gasteiger partial charge in [0.2, 0.25) is 5.75 Å². The summed E-state index contributed by atoms with van der Waals surface area (Å²) in [6.45, 7) is -0.806. The second-order valence-electron chi connectivity index (χ2n) is 5.71. The van der Waals surface area contributed by atoms with Crippen LogP contribution in [-0.4, -0.2) is 42.6 Å². The van der Waals surface area contributed by atoms with Gasteiger partial charge in [0.25, 0.3) is 6.29 Å². The fraction of sp³-hybridized carbons (Fsp3) is 0.278. The van der Waals surface area contributed by atoms with Crippen molar-refractivity contribution in [3.63, 3.8) is 0 Å². The lowest BCUT2D eigenvalue weighted by atomic mass is 10.2. The molecule has 0 bridgehead atoms. The standard InChI is InChI=1S/C18H15ClF3NO8/c1-28-17(16(25)29-7-6-24)31-15-9-11(3-4-13(15)23(26)27)30-14-5-2-10(8-12(14)19)18(20,21)22/h2-5,8-9,17,24H,6-7H2,1H3. The van der Waals surface area contributed by atoms with Crippen LogP contribution in [0.15, 0.2) is 36.4 Å². The van der Waals surface area contributed by atoms with Crippen molar-refractivity contribution in [2.45, 2.75) is 12.5 Å². The molecule has 9 nitrogen and oxygen atoms in total. The van der Waals surface area contributed by atoms with Crippen LogP contribution in [-0.2, 0) is 20.4 Å². The summed E-state index contributed by atoms with van der Waals surface area (Å²) in [7, 11) is 1.08. The molecule has 0 radical (unpaired) electrons. The molecule has 0 amide bonds. The van der Waals surface area contributed by atoms with Gasteiger partial charge < -0.3 is 24.1 Å². The van der Waals surface area contributed by atoms with Crippen molar-refractivity contribution in [3.05, 3.63) is 57.1 Å². The summed E-state index contributed by atoms with van der Waals surface area (Å²) in [5.41, 5.74) is -1.54. The lowest BCUT2D eigenvalue weighted by Crippen LogP contribution is -2.32. The van der Waals surface area contributed by atoms with E-state index in [-0.39, 0.29) is 23.1 Å². The molecular formula is C18H15ClF3NO8. The van der Waals surface area contributed by atoms with E-state index in [2.05, 4.69) is 4.74 Å². The lowest BCUT2D eigenvalue weighted by Gasteiger charge is -2.17. The lowest BCUT2D eigenvalue weighted by molar-refractivity contribution is -0.386. The molecule has 0 aliphatic carbocycles. The number of carbonyl (C=O) groups excluding carboxylic acids is 1. The van der Waals surface area contributed by atoms with Gasteiger partial charge in [-0.3, -0.25) is 10.1 Å². The molecule has 0 aliphatic heterocycles. The first kappa shape index (κ1) is 24.2. The highest BCUT2D eigenvalue weighted by Crippen LogP contribution is 2.38. The topological polar surface area (TPSA) is 117 Å². The number of alkyl halides is 3. The molecule has 13 heteroatoms. The van der Waals surface area contributed by atoms with Crippen LogP contribution in [0.5, 0.6) is 17.2 Å². The molecule has 0 heterocycles. The minimum absolute atomic E-state index is 0.0826. The average molecular weight is 466 g/mol. The van der Waals surface area contributed by atoms with Crippen LogP contribution in [0.3, 0.4) is 0 Å². The molecule has 0 fully saturated rings. The van der Waals surface area contributed by atoms with Crippen molar-refractivity contribution in [1.82, 2.24) is 0 Å². The summed E-state index contributed by atoms with van der Waals surface area (Å²) >= 11 is 5.84. The van der Waals surface area contributed by atoms with E-state index in [4.69, 9.17) is 30.9 Å². The first-order chi connectivity index (χ1) is 14.6. The maximum absolute atomic E-state index is 12.8. The third-order valence-electron chi connectivity index (χ3n) is 3.59. The molecule has 168 valence electrons. The molecule has 0 aromatic heterocycles.